The van der Waals surface area contributed by atoms with Crippen LogP contribution in [0.5, 0.6) is 0 Å². The Balaban J connectivity index is 0.000000240. The maximum atomic E-state index is 10.7. The van der Waals surface area contributed by atoms with Gasteiger partial charge in [-0.1, -0.05) is 18.2 Å². The molecule has 0 bridgehead atoms. The molecule has 0 saturated heterocycles. The number of benzene rings is 1. The third-order valence-corrected chi connectivity index (χ3v) is 2.85. The van der Waals surface area contributed by atoms with E-state index in [4.69, 9.17) is 21.8 Å². The average Bonchev–Trinajstić information content (AvgIpc) is 2.69. The molecule has 0 saturated carbocycles. The van der Waals surface area contributed by atoms with E-state index < -0.39 is 15.6 Å². The normalized spacial score (nSPS) is 11.7. The van der Waals surface area contributed by atoms with Crippen molar-refractivity contribution in [3.63, 3.8) is 0 Å². The number of halogens is 3. The van der Waals surface area contributed by atoms with E-state index in [1.165, 1.54) is 0 Å². The summed E-state index contributed by atoms with van der Waals surface area (Å²) in [7, 11) is -6.09. The van der Waals surface area contributed by atoms with E-state index >= 15 is 0 Å². The van der Waals surface area contributed by atoms with Gasteiger partial charge in [-0.05, 0) is 12.1 Å². The fourth-order valence-electron chi connectivity index (χ4n) is 1.13. The van der Waals surface area contributed by atoms with Crippen molar-refractivity contribution in [3.8, 4) is 11.5 Å². The minimum absolute atomic E-state index is 0.579. The Morgan fingerprint density at radius 1 is 1.14 bits per heavy atom. The quantitative estimate of drug-likeness (QED) is 0.455. The van der Waals surface area contributed by atoms with Crippen LogP contribution in [0.25, 0.3) is 11.5 Å². The van der Waals surface area contributed by atoms with Gasteiger partial charge in [0.25, 0.3) is 11.5 Å². The molecule has 0 radical (unpaired) electrons. The second kappa shape index (κ2) is 6.27. The monoisotopic (exact) mass is 324 g/mol. The SMILES string of the molecule is Cc1oc(-c2ccccc2)[o+]c1C.O=S(=O)([O-])C(F)(F)F. The van der Waals surface area contributed by atoms with Gasteiger partial charge in [0.1, 0.15) is 5.56 Å². The van der Waals surface area contributed by atoms with Crippen molar-refractivity contribution < 1.29 is 35.0 Å². The van der Waals surface area contributed by atoms with Gasteiger partial charge in [-0.15, -0.1) is 0 Å². The Labute approximate surface area is 118 Å². The summed E-state index contributed by atoms with van der Waals surface area (Å²) in [6, 6.07) is 9.80. The van der Waals surface area contributed by atoms with E-state index in [2.05, 4.69) is 0 Å². The molecule has 21 heavy (non-hydrogen) atoms. The minimum Gasteiger partial charge on any atom is -0.741 e. The van der Waals surface area contributed by atoms with Gasteiger partial charge in [0.15, 0.2) is 10.1 Å². The first-order chi connectivity index (χ1) is 9.52. The van der Waals surface area contributed by atoms with Gasteiger partial charge in [0, 0.05) is 13.8 Å². The summed E-state index contributed by atoms with van der Waals surface area (Å²) in [5.74, 6) is 2.24. The van der Waals surface area contributed by atoms with Crippen LogP contribution in [-0.4, -0.2) is 18.5 Å². The van der Waals surface area contributed by atoms with Crippen molar-refractivity contribution in [1.29, 1.82) is 0 Å². The highest BCUT2D eigenvalue weighted by Crippen LogP contribution is 2.24. The number of alkyl halides is 3. The van der Waals surface area contributed by atoms with Crippen molar-refractivity contribution in [3.05, 3.63) is 41.9 Å². The van der Waals surface area contributed by atoms with Crippen LogP contribution in [0.4, 0.5) is 13.2 Å². The highest BCUT2D eigenvalue weighted by Gasteiger charge is 2.36. The van der Waals surface area contributed by atoms with Crippen LogP contribution in [0.3, 0.4) is 0 Å². The van der Waals surface area contributed by atoms with Gasteiger partial charge >= 0.3 is 11.5 Å². The summed E-state index contributed by atoms with van der Waals surface area (Å²) < 4.78 is 69.8. The Morgan fingerprint density at radius 3 is 1.95 bits per heavy atom. The zero-order valence-corrected chi connectivity index (χ0v) is 11.8. The van der Waals surface area contributed by atoms with Crippen molar-refractivity contribution in [2.75, 3.05) is 0 Å². The number of rotatable bonds is 1. The van der Waals surface area contributed by atoms with Crippen LogP contribution in [0.2, 0.25) is 0 Å². The molecule has 1 aromatic carbocycles. The third-order valence-electron chi connectivity index (χ3n) is 2.28. The molecule has 9 heteroatoms. The molecule has 116 valence electrons. The van der Waals surface area contributed by atoms with Crippen LogP contribution in [0.1, 0.15) is 11.5 Å². The molecule has 1 aromatic heterocycles. The lowest BCUT2D eigenvalue weighted by Crippen LogP contribution is -2.21. The lowest BCUT2D eigenvalue weighted by molar-refractivity contribution is -0.0517. The van der Waals surface area contributed by atoms with Crippen molar-refractivity contribution >= 4 is 10.1 Å². The lowest BCUT2D eigenvalue weighted by atomic mass is 10.2. The van der Waals surface area contributed by atoms with E-state index in [9.17, 15) is 13.2 Å². The summed E-state index contributed by atoms with van der Waals surface area (Å²) >= 11 is 0. The van der Waals surface area contributed by atoms with E-state index in [-0.39, 0.29) is 0 Å². The predicted octanol–water partition coefficient (Wildman–Crippen LogP) is 3.49. The number of aryl methyl sites for hydroxylation is 2. The van der Waals surface area contributed by atoms with Gasteiger partial charge in [-0.25, -0.2) is 8.42 Å². The maximum absolute atomic E-state index is 10.7. The molecule has 0 atom stereocenters. The maximum Gasteiger partial charge on any atom is 0.532 e. The predicted molar refractivity (Wildman–Crippen MR) is 66.0 cm³/mol. The second-order valence-electron chi connectivity index (χ2n) is 3.87. The first-order valence-corrected chi connectivity index (χ1v) is 6.91. The first kappa shape index (κ1) is 17.2. The van der Waals surface area contributed by atoms with Gasteiger partial charge in [-0.3, -0.25) is 8.83 Å². The number of hydrogen-bond acceptors (Lipinski definition) is 4. The van der Waals surface area contributed by atoms with Crippen LogP contribution in [0.15, 0.2) is 39.2 Å². The molecule has 2 rings (SSSR count). The molecule has 0 N–H and O–H groups in total. The molecule has 0 aliphatic heterocycles. The van der Waals surface area contributed by atoms with Crippen LogP contribution in [-0.2, 0) is 10.1 Å². The van der Waals surface area contributed by atoms with Crippen molar-refractivity contribution in [2.45, 2.75) is 19.4 Å². The largest absolute Gasteiger partial charge is 0.741 e. The summed E-state index contributed by atoms with van der Waals surface area (Å²) in [4.78, 5) is 0. The van der Waals surface area contributed by atoms with Gasteiger partial charge in [0.2, 0.25) is 0 Å². The second-order valence-corrected chi connectivity index (χ2v) is 5.24. The zero-order valence-electron chi connectivity index (χ0n) is 11.0. The Kier molecular flexibility index (Phi) is 5.13. The van der Waals surface area contributed by atoms with E-state index in [0.29, 0.717) is 5.96 Å². The van der Waals surface area contributed by atoms with Crippen molar-refractivity contribution in [2.24, 2.45) is 0 Å². The molecule has 2 aromatic rings. The molecule has 0 aliphatic rings. The molecule has 0 amide bonds. The Bertz CT molecular complexity index is 670. The van der Waals surface area contributed by atoms with Gasteiger partial charge in [0.05, 0.1) is 0 Å². The van der Waals surface area contributed by atoms with Crippen LogP contribution < -0.4 is 0 Å². The van der Waals surface area contributed by atoms with E-state index in [0.717, 1.165) is 17.1 Å². The minimum atomic E-state index is -6.09. The fourth-order valence-corrected chi connectivity index (χ4v) is 1.13. The molecule has 0 unspecified atom stereocenters. The average molecular weight is 324 g/mol. The smallest absolute Gasteiger partial charge is 0.532 e. The fraction of sp³-hybridized carbons (Fsp3) is 0.250. The zero-order chi connectivity index (χ0) is 16.3. The Hall–Kier alpha value is -1.87. The van der Waals surface area contributed by atoms with Crippen molar-refractivity contribution in [1.82, 2.24) is 0 Å². The molecule has 0 aliphatic carbocycles. The van der Waals surface area contributed by atoms with Gasteiger partial charge in [-0.2, -0.15) is 13.2 Å². The summed E-state index contributed by atoms with van der Waals surface area (Å²) in [6.07, 6.45) is 0. The molecule has 0 spiro atoms. The number of hydrogen-bond donors (Lipinski definition) is 0. The standard InChI is InChI=1S/C11H11O2.CHF3O3S/c1-8-9(2)13-11(12-8)10-6-4-3-5-7-10;2-1(3,4)8(5,6)7/h3-7H,1-2H3;(H,5,6,7)/q+1;/p-1. The molecule has 1 heterocycles. The Morgan fingerprint density at radius 2 is 1.62 bits per heavy atom. The molecular weight excluding hydrogens is 313 g/mol. The topological polar surface area (TPSA) is 81.6 Å². The molecule has 5 nitrogen and oxygen atoms in total. The highest BCUT2D eigenvalue weighted by molar-refractivity contribution is 7.86. The highest BCUT2D eigenvalue weighted by atomic mass is 32.2. The molecular formula is C12H11F3O5S. The van der Waals surface area contributed by atoms with Crippen LogP contribution >= 0.6 is 0 Å². The summed E-state index contributed by atoms with van der Waals surface area (Å²) in [6.45, 7) is 3.79. The third kappa shape index (κ3) is 4.87. The van der Waals surface area contributed by atoms with Gasteiger partial charge < -0.3 is 4.55 Å². The summed E-state index contributed by atoms with van der Waals surface area (Å²) in [5.41, 5.74) is -4.67. The first-order valence-electron chi connectivity index (χ1n) is 5.50. The van der Waals surface area contributed by atoms with E-state index in [1.54, 1.807) is 0 Å². The van der Waals surface area contributed by atoms with Crippen LogP contribution in [0, 0.1) is 13.8 Å². The summed E-state index contributed by atoms with van der Waals surface area (Å²) in [5, 5.41) is 0. The molecule has 0 fully saturated rings. The van der Waals surface area contributed by atoms with E-state index in [1.807, 2.05) is 44.2 Å². The lowest BCUT2D eigenvalue weighted by Gasteiger charge is -2.08.